The number of halogens is 3. The van der Waals surface area contributed by atoms with Gasteiger partial charge in [-0.2, -0.15) is 0 Å². The van der Waals surface area contributed by atoms with E-state index in [0.717, 1.165) is 16.5 Å². The summed E-state index contributed by atoms with van der Waals surface area (Å²) >= 11 is 17.7. The van der Waals surface area contributed by atoms with Gasteiger partial charge in [0.25, 0.3) is 0 Å². The molecule has 0 aliphatic carbocycles. The lowest BCUT2D eigenvalue weighted by atomic mass is 10.1. The highest BCUT2D eigenvalue weighted by molar-refractivity contribution is 9.10. The Bertz CT molecular complexity index is 891. The molecular formula is C24H29BrCl2N2O2S. The van der Waals surface area contributed by atoms with Crippen LogP contribution in [-0.4, -0.2) is 34.6 Å². The second-order valence-corrected chi connectivity index (χ2v) is 10.3. The molecule has 2 amide bonds. The molecule has 0 unspecified atom stereocenters. The molecule has 2 aromatic rings. The fourth-order valence-corrected chi connectivity index (χ4v) is 4.79. The molecule has 0 saturated carbocycles. The van der Waals surface area contributed by atoms with Crippen LogP contribution in [0.15, 0.2) is 46.9 Å². The van der Waals surface area contributed by atoms with Gasteiger partial charge in [-0.1, -0.05) is 71.2 Å². The fraction of sp³-hybridized carbons (Fsp3) is 0.417. The molecule has 4 nitrogen and oxygen atoms in total. The van der Waals surface area contributed by atoms with Crippen molar-refractivity contribution in [2.75, 3.05) is 5.75 Å². The van der Waals surface area contributed by atoms with Crippen molar-refractivity contribution in [2.24, 2.45) is 0 Å². The standard InChI is InChI=1S/C24H29BrCl2N2O2S/c1-4-16(3)28-24(31)22(5-2)29(13-19-20(26)7-6-8-21(19)27)23(30)15-32-14-17-9-11-18(25)12-10-17/h6-12,16,22H,4-5,13-15H2,1-3H3,(H,28,31)/t16-,22-/m1/s1. The maximum Gasteiger partial charge on any atom is 0.243 e. The van der Waals surface area contributed by atoms with Crippen LogP contribution in [0.2, 0.25) is 10.0 Å². The monoisotopic (exact) mass is 558 g/mol. The van der Waals surface area contributed by atoms with Crippen molar-refractivity contribution >= 4 is 62.7 Å². The van der Waals surface area contributed by atoms with E-state index in [-0.39, 0.29) is 30.2 Å². The number of benzene rings is 2. The third-order valence-corrected chi connectivity index (χ3v) is 7.41. The Morgan fingerprint density at radius 1 is 1.06 bits per heavy atom. The number of hydrogen-bond acceptors (Lipinski definition) is 3. The van der Waals surface area contributed by atoms with Crippen LogP contribution in [0.5, 0.6) is 0 Å². The Morgan fingerprint density at radius 3 is 2.25 bits per heavy atom. The number of carbonyl (C=O) groups excluding carboxylic acids is 2. The molecule has 0 saturated heterocycles. The lowest BCUT2D eigenvalue weighted by Crippen LogP contribution is -2.51. The van der Waals surface area contributed by atoms with Gasteiger partial charge in [0.1, 0.15) is 6.04 Å². The van der Waals surface area contributed by atoms with Gasteiger partial charge in [0.2, 0.25) is 11.8 Å². The highest BCUT2D eigenvalue weighted by Crippen LogP contribution is 2.27. The summed E-state index contributed by atoms with van der Waals surface area (Å²) in [6.45, 7) is 6.06. The summed E-state index contributed by atoms with van der Waals surface area (Å²) < 4.78 is 1.02. The number of amides is 2. The third kappa shape index (κ3) is 7.98. The first-order valence-electron chi connectivity index (χ1n) is 10.6. The molecule has 8 heteroatoms. The minimum atomic E-state index is -0.600. The predicted molar refractivity (Wildman–Crippen MR) is 139 cm³/mol. The third-order valence-electron chi connectivity index (χ3n) is 5.18. The first-order chi connectivity index (χ1) is 15.3. The zero-order chi connectivity index (χ0) is 23.7. The molecule has 2 rings (SSSR count). The van der Waals surface area contributed by atoms with Crippen LogP contribution < -0.4 is 5.32 Å². The number of thioether (sulfide) groups is 1. The van der Waals surface area contributed by atoms with E-state index in [1.807, 2.05) is 45.0 Å². The first kappa shape index (κ1) is 27.0. The van der Waals surface area contributed by atoms with Crippen molar-refractivity contribution in [3.63, 3.8) is 0 Å². The van der Waals surface area contributed by atoms with Crippen LogP contribution in [0.3, 0.4) is 0 Å². The van der Waals surface area contributed by atoms with E-state index in [9.17, 15) is 9.59 Å². The largest absolute Gasteiger partial charge is 0.352 e. The summed E-state index contributed by atoms with van der Waals surface area (Å²) in [7, 11) is 0. The van der Waals surface area contributed by atoms with Crippen molar-refractivity contribution in [1.82, 2.24) is 10.2 Å². The summed E-state index contributed by atoms with van der Waals surface area (Å²) in [6.07, 6.45) is 1.31. The average Bonchev–Trinajstić information content (AvgIpc) is 2.76. The Morgan fingerprint density at radius 2 is 1.69 bits per heavy atom. The van der Waals surface area contributed by atoms with Crippen LogP contribution >= 0.6 is 50.9 Å². The van der Waals surface area contributed by atoms with E-state index < -0.39 is 6.04 Å². The van der Waals surface area contributed by atoms with Crippen molar-refractivity contribution in [2.45, 2.75) is 58.0 Å². The molecule has 2 atom stereocenters. The van der Waals surface area contributed by atoms with Crippen LogP contribution in [0.1, 0.15) is 44.7 Å². The van der Waals surface area contributed by atoms with Gasteiger partial charge in [-0.25, -0.2) is 0 Å². The van der Waals surface area contributed by atoms with Gasteiger partial charge in [-0.3, -0.25) is 9.59 Å². The Kier molecular flexibility index (Phi) is 11.4. The molecule has 2 aromatic carbocycles. The molecule has 1 N–H and O–H groups in total. The Hall–Kier alpha value is -1.21. The number of nitrogens with zero attached hydrogens (tertiary/aromatic N) is 1. The van der Waals surface area contributed by atoms with E-state index >= 15 is 0 Å². The summed E-state index contributed by atoms with van der Waals surface area (Å²) in [5.74, 6) is 0.686. The molecule has 0 heterocycles. The maximum atomic E-state index is 13.3. The predicted octanol–water partition coefficient (Wildman–Crippen LogP) is 6.71. The van der Waals surface area contributed by atoms with Crippen LogP contribution in [0.25, 0.3) is 0 Å². The molecule has 0 spiro atoms. The molecule has 32 heavy (non-hydrogen) atoms. The fourth-order valence-electron chi connectivity index (χ4n) is 3.13. The average molecular weight is 560 g/mol. The van der Waals surface area contributed by atoms with Gasteiger partial charge in [-0.05, 0) is 49.6 Å². The summed E-state index contributed by atoms with van der Waals surface area (Å²) in [5, 5.41) is 3.97. The second-order valence-electron chi connectivity index (χ2n) is 7.58. The SMILES string of the molecule is CC[C@@H](C)NC(=O)[C@@H](CC)N(Cc1c(Cl)cccc1Cl)C(=O)CSCc1ccc(Br)cc1. The maximum absolute atomic E-state index is 13.3. The van der Waals surface area contributed by atoms with Crippen molar-refractivity contribution in [3.05, 3.63) is 68.1 Å². The van der Waals surface area contributed by atoms with Crippen LogP contribution in [0.4, 0.5) is 0 Å². The summed E-state index contributed by atoms with van der Waals surface area (Å²) in [4.78, 5) is 27.9. The van der Waals surface area contributed by atoms with E-state index in [1.165, 1.54) is 11.8 Å². The molecule has 0 radical (unpaired) electrons. The Balaban J connectivity index is 2.20. The number of carbonyl (C=O) groups is 2. The highest BCUT2D eigenvalue weighted by atomic mass is 79.9. The van der Waals surface area contributed by atoms with E-state index in [1.54, 1.807) is 23.1 Å². The van der Waals surface area contributed by atoms with Gasteiger partial charge in [-0.15, -0.1) is 11.8 Å². The van der Waals surface area contributed by atoms with E-state index in [0.29, 0.717) is 27.8 Å². The molecular weight excluding hydrogens is 531 g/mol. The van der Waals surface area contributed by atoms with Gasteiger partial charge in [0.05, 0.1) is 5.75 Å². The molecule has 174 valence electrons. The van der Waals surface area contributed by atoms with Crippen LogP contribution in [-0.2, 0) is 21.9 Å². The van der Waals surface area contributed by atoms with E-state index in [4.69, 9.17) is 23.2 Å². The number of rotatable bonds is 11. The quantitative estimate of drug-likeness (QED) is 0.333. The molecule has 0 aliphatic heterocycles. The Labute approximate surface area is 213 Å². The number of hydrogen-bond donors (Lipinski definition) is 1. The van der Waals surface area contributed by atoms with Gasteiger partial charge in [0.15, 0.2) is 0 Å². The molecule has 0 aliphatic rings. The smallest absolute Gasteiger partial charge is 0.243 e. The molecule has 0 aromatic heterocycles. The highest BCUT2D eigenvalue weighted by Gasteiger charge is 2.30. The van der Waals surface area contributed by atoms with Crippen molar-refractivity contribution in [3.8, 4) is 0 Å². The summed E-state index contributed by atoms with van der Waals surface area (Å²) in [6, 6.07) is 12.7. The van der Waals surface area contributed by atoms with Crippen molar-refractivity contribution < 1.29 is 9.59 Å². The number of nitrogens with one attached hydrogen (secondary N) is 1. The lowest BCUT2D eigenvalue weighted by Gasteiger charge is -2.32. The van der Waals surface area contributed by atoms with E-state index in [2.05, 4.69) is 21.2 Å². The van der Waals surface area contributed by atoms with Crippen molar-refractivity contribution in [1.29, 1.82) is 0 Å². The zero-order valence-electron chi connectivity index (χ0n) is 18.5. The minimum Gasteiger partial charge on any atom is -0.352 e. The normalized spacial score (nSPS) is 12.8. The first-order valence-corrected chi connectivity index (χ1v) is 13.3. The zero-order valence-corrected chi connectivity index (χ0v) is 22.5. The van der Waals surface area contributed by atoms with Gasteiger partial charge >= 0.3 is 0 Å². The van der Waals surface area contributed by atoms with Gasteiger partial charge < -0.3 is 10.2 Å². The second kappa shape index (κ2) is 13.5. The topological polar surface area (TPSA) is 49.4 Å². The van der Waals surface area contributed by atoms with Crippen LogP contribution in [0, 0.1) is 0 Å². The van der Waals surface area contributed by atoms with Gasteiger partial charge in [0, 0.05) is 38.4 Å². The minimum absolute atomic E-state index is 0.0317. The summed E-state index contributed by atoms with van der Waals surface area (Å²) in [5.41, 5.74) is 1.78. The lowest BCUT2D eigenvalue weighted by molar-refractivity contribution is -0.139. The molecule has 0 bridgehead atoms. The molecule has 0 fully saturated rings.